The van der Waals surface area contributed by atoms with E-state index in [4.69, 9.17) is 0 Å². The SMILES string of the molecule is CCCCC(CC)CNC(=NC)NCCCCN1CCN(CC)CC1. The standard InChI is InChI=1S/C20H43N5/c1-5-8-11-19(6-2)18-23-20(21-4)22-12-9-10-13-25-16-14-24(7-3)15-17-25/h19H,5-18H2,1-4H3,(H2,21,22,23). The molecule has 148 valence electrons. The molecule has 0 aliphatic carbocycles. The molecular weight excluding hydrogens is 310 g/mol. The van der Waals surface area contributed by atoms with Gasteiger partial charge < -0.3 is 20.4 Å². The Kier molecular flexibility index (Phi) is 12.8. The maximum absolute atomic E-state index is 4.36. The summed E-state index contributed by atoms with van der Waals surface area (Å²) >= 11 is 0. The van der Waals surface area contributed by atoms with Crippen LogP contribution in [0.3, 0.4) is 0 Å². The van der Waals surface area contributed by atoms with Crippen molar-refractivity contribution in [2.45, 2.75) is 59.3 Å². The van der Waals surface area contributed by atoms with E-state index >= 15 is 0 Å². The Morgan fingerprint density at radius 2 is 1.68 bits per heavy atom. The molecule has 1 fully saturated rings. The number of nitrogens with one attached hydrogen (secondary N) is 2. The van der Waals surface area contributed by atoms with E-state index in [1.54, 1.807) is 0 Å². The average molecular weight is 354 g/mol. The first-order chi connectivity index (χ1) is 12.2. The molecule has 5 heteroatoms. The maximum Gasteiger partial charge on any atom is 0.190 e. The molecule has 1 saturated heterocycles. The molecule has 25 heavy (non-hydrogen) atoms. The lowest BCUT2D eigenvalue weighted by atomic mass is 9.99. The second-order valence-corrected chi connectivity index (χ2v) is 7.28. The molecule has 0 aromatic heterocycles. The number of hydrogen-bond donors (Lipinski definition) is 2. The quantitative estimate of drug-likeness (QED) is 0.322. The van der Waals surface area contributed by atoms with Crippen LogP contribution in [0.5, 0.6) is 0 Å². The third kappa shape index (κ3) is 10.0. The fraction of sp³-hybridized carbons (Fsp3) is 0.950. The molecule has 1 heterocycles. The van der Waals surface area contributed by atoms with Gasteiger partial charge in [0.05, 0.1) is 0 Å². The van der Waals surface area contributed by atoms with Crippen molar-refractivity contribution in [1.82, 2.24) is 20.4 Å². The van der Waals surface area contributed by atoms with Crippen LogP contribution in [0, 0.1) is 5.92 Å². The normalized spacial score (nSPS) is 18.3. The minimum Gasteiger partial charge on any atom is -0.356 e. The van der Waals surface area contributed by atoms with E-state index in [-0.39, 0.29) is 0 Å². The molecule has 1 aliphatic heterocycles. The van der Waals surface area contributed by atoms with Gasteiger partial charge in [0, 0.05) is 46.3 Å². The number of nitrogens with zero attached hydrogens (tertiary/aromatic N) is 3. The molecule has 0 bridgehead atoms. The summed E-state index contributed by atoms with van der Waals surface area (Å²) in [6.07, 6.45) is 7.67. The van der Waals surface area contributed by atoms with E-state index < -0.39 is 0 Å². The summed E-state index contributed by atoms with van der Waals surface area (Å²) in [4.78, 5) is 9.51. The number of hydrogen-bond acceptors (Lipinski definition) is 3. The van der Waals surface area contributed by atoms with Gasteiger partial charge >= 0.3 is 0 Å². The summed E-state index contributed by atoms with van der Waals surface area (Å²) in [5.41, 5.74) is 0. The summed E-state index contributed by atoms with van der Waals surface area (Å²) in [5, 5.41) is 6.97. The van der Waals surface area contributed by atoms with E-state index in [1.165, 1.54) is 77.8 Å². The molecule has 0 aromatic carbocycles. The average Bonchev–Trinajstić information content (AvgIpc) is 2.66. The third-order valence-corrected chi connectivity index (χ3v) is 5.43. The maximum atomic E-state index is 4.36. The Morgan fingerprint density at radius 3 is 2.28 bits per heavy atom. The highest BCUT2D eigenvalue weighted by atomic mass is 15.3. The largest absolute Gasteiger partial charge is 0.356 e. The third-order valence-electron chi connectivity index (χ3n) is 5.43. The van der Waals surface area contributed by atoms with E-state index in [0.29, 0.717) is 0 Å². The van der Waals surface area contributed by atoms with Crippen molar-refractivity contribution in [2.75, 3.05) is 59.4 Å². The van der Waals surface area contributed by atoms with E-state index in [1.807, 2.05) is 7.05 Å². The summed E-state index contributed by atoms with van der Waals surface area (Å²) in [6.45, 7) is 16.3. The molecular formula is C20H43N5. The van der Waals surface area contributed by atoms with Crippen LogP contribution in [0.4, 0.5) is 0 Å². The van der Waals surface area contributed by atoms with Gasteiger partial charge in [0.25, 0.3) is 0 Å². The Hall–Kier alpha value is -0.810. The Bertz CT molecular complexity index is 337. The van der Waals surface area contributed by atoms with Gasteiger partial charge in [-0.05, 0) is 38.3 Å². The molecule has 5 nitrogen and oxygen atoms in total. The number of likely N-dealkylation sites (N-methyl/N-ethyl adjacent to an activating group) is 1. The Morgan fingerprint density at radius 1 is 0.960 bits per heavy atom. The fourth-order valence-electron chi connectivity index (χ4n) is 3.40. The monoisotopic (exact) mass is 353 g/mol. The highest BCUT2D eigenvalue weighted by Crippen LogP contribution is 2.11. The molecule has 1 aliphatic rings. The zero-order valence-electron chi connectivity index (χ0n) is 17.3. The van der Waals surface area contributed by atoms with Crippen molar-refractivity contribution in [2.24, 2.45) is 10.9 Å². The van der Waals surface area contributed by atoms with Gasteiger partial charge in [-0.25, -0.2) is 0 Å². The summed E-state index contributed by atoms with van der Waals surface area (Å²) in [7, 11) is 1.87. The topological polar surface area (TPSA) is 42.9 Å². The first kappa shape index (κ1) is 22.2. The Labute approximate surface area is 156 Å². The van der Waals surface area contributed by atoms with Crippen LogP contribution in [0.15, 0.2) is 4.99 Å². The number of guanidine groups is 1. The molecule has 1 rings (SSSR count). The van der Waals surface area contributed by atoms with Gasteiger partial charge in [-0.2, -0.15) is 0 Å². The summed E-state index contributed by atoms with van der Waals surface area (Å²) in [5.74, 6) is 1.73. The van der Waals surface area contributed by atoms with Crippen molar-refractivity contribution in [3.63, 3.8) is 0 Å². The van der Waals surface area contributed by atoms with E-state index in [9.17, 15) is 0 Å². The predicted octanol–water partition coefficient (Wildman–Crippen LogP) is 2.79. The number of rotatable bonds is 12. The zero-order chi connectivity index (χ0) is 18.3. The van der Waals surface area contributed by atoms with Crippen molar-refractivity contribution in [3.8, 4) is 0 Å². The molecule has 0 spiro atoms. The van der Waals surface area contributed by atoms with Crippen molar-refractivity contribution < 1.29 is 0 Å². The lowest BCUT2D eigenvalue weighted by molar-refractivity contribution is 0.136. The Balaban J connectivity index is 2.07. The molecule has 2 N–H and O–H groups in total. The minimum atomic E-state index is 0.764. The molecule has 0 saturated carbocycles. The molecule has 0 radical (unpaired) electrons. The smallest absolute Gasteiger partial charge is 0.190 e. The lowest BCUT2D eigenvalue weighted by Crippen LogP contribution is -2.46. The first-order valence-electron chi connectivity index (χ1n) is 10.6. The van der Waals surface area contributed by atoms with Gasteiger partial charge in [0.2, 0.25) is 0 Å². The number of unbranched alkanes of at least 4 members (excludes halogenated alkanes) is 2. The second kappa shape index (κ2) is 14.4. The summed E-state index contributed by atoms with van der Waals surface area (Å²) in [6, 6.07) is 0. The van der Waals surface area contributed by atoms with Crippen LogP contribution in [-0.4, -0.2) is 75.2 Å². The van der Waals surface area contributed by atoms with Gasteiger partial charge in [0.1, 0.15) is 0 Å². The second-order valence-electron chi connectivity index (χ2n) is 7.28. The van der Waals surface area contributed by atoms with Gasteiger partial charge in [-0.1, -0.05) is 40.0 Å². The van der Waals surface area contributed by atoms with Crippen molar-refractivity contribution in [1.29, 1.82) is 0 Å². The molecule has 0 amide bonds. The van der Waals surface area contributed by atoms with Crippen LogP contribution in [0.25, 0.3) is 0 Å². The summed E-state index contributed by atoms with van der Waals surface area (Å²) < 4.78 is 0. The van der Waals surface area contributed by atoms with Crippen LogP contribution in [0.1, 0.15) is 59.3 Å². The number of aliphatic imine (C=N–C) groups is 1. The van der Waals surface area contributed by atoms with Crippen molar-refractivity contribution >= 4 is 5.96 Å². The minimum absolute atomic E-state index is 0.764. The molecule has 1 atom stereocenters. The lowest BCUT2D eigenvalue weighted by Gasteiger charge is -2.34. The highest BCUT2D eigenvalue weighted by molar-refractivity contribution is 5.79. The van der Waals surface area contributed by atoms with Crippen LogP contribution >= 0.6 is 0 Å². The van der Waals surface area contributed by atoms with Gasteiger partial charge in [0.15, 0.2) is 5.96 Å². The first-order valence-corrected chi connectivity index (χ1v) is 10.6. The molecule has 0 aromatic rings. The zero-order valence-corrected chi connectivity index (χ0v) is 17.3. The highest BCUT2D eigenvalue weighted by Gasteiger charge is 2.14. The van der Waals surface area contributed by atoms with Crippen LogP contribution in [-0.2, 0) is 0 Å². The fourth-order valence-corrected chi connectivity index (χ4v) is 3.40. The molecule has 1 unspecified atom stereocenters. The van der Waals surface area contributed by atoms with Gasteiger partial charge in [-0.15, -0.1) is 0 Å². The van der Waals surface area contributed by atoms with E-state index in [0.717, 1.165) is 25.0 Å². The van der Waals surface area contributed by atoms with Crippen LogP contribution < -0.4 is 10.6 Å². The van der Waals surface area contributed by atoms with E-state index in [2.05, 4.69) is 46.2 Å². The van der Waals surface area contributed by atoms with Crippen LogP contribution in [0.2, 0.25) is 0 Å². The van der Waals surface area contributed by atoms with Crippen molar-refractivity contribution in [3.05, 3.63) is 0 Å². The van der Waals surface area contributed by atoms with Gasteiger partial charge in [-0.3, -0.25) is 4.99 Å². The predicted molar refractivity (Wildman–Crippen MR) is 110 cm³/mol. The number of piperazine rings is 1.